The Morgan fingerprint density at radius 1 is 1.45 bits per heavy atom. The second kappa shape index (κ2) is 5.92. The van der Waals surface area contributed by atoms with E-state index in [-0.39, 0.29) is 24.4 Å². The summed E-state index contributed by atoms with van der Waals surface area (Å²) in [4.78, 5) is 11.7. The van der Waals surface area contributed by atoms with E-state index in [1.54, 1.807) is 32.9 Å². The quantitative estimate of drug-likeness (QED) is 0.862. The molecule has 3 nitrogen and oxygen atoms in total. The van der Waals surface area contributed by atoms with Gasteiger partial charge in [-0.05, 0) is 51.8 Å². The number of carbonyl (C=O) groups excluding carboxylic acids is 1. The molecule has 0 saturated carbocycles. The highest BCUT2D eigenvalue weighted by atomic mass is 19.1. The normalized spacial score (nSPS) is 19.1. The van der Waals surface area contributed by atoms with Crippen LogP contribution in [0.2, 0.25) is 0 Å². The number of hydrogen-bond donors (Lipinski definition) is 1. The van der Waals surface area contributed by atoms with E-state index < -0.39 is 5.41 Å². The van der Waals surface area contributed by atoms with Crippen LogP contribution in [-0.2, 0) is 16.1 Å². The van der Waals surface area contributed by atoms with Gasteiger partial charge >= 0.3 is 5.97 Å². The molecule has 0 aliphatic carbocycles. The number of carbonyl (C=O) groups is 1. The Kier molecular flexibility index (Phi) is 4.43. The Bertz CT molecular complexity index is 488. The zero-order valence-corrected chi connectivity index (χ0v) is 12.3. The summed E-state index contributed by atoms with van der Waals surface area (Å²) in [6.07, 6.45) is 2.16. The van der Waals surface area contributed by atoms with Crippen molar-refractivity contribution in [3.8, 4) is 0 Å². The first-order valence-electron chi connectivity index (χ1n) is 7.07. The third-order valence-corrected chi connectivity index (χ3v) is 3.51. The molecule has 1 aliphatic rings. The molecule has 110 valence electrons. The maximum Gasteiger partial charge on any atom is 0.311 e. The van der Waals surface area contributed by atoms with Gasteiger partial charge in [0.2, 0.25) is 0 Å². The van der Waals surface area contributed by atoms with Crippen LogP contribution in [0.25, 0.3) is 0 Å². The lowest BCUT2D eigenvalue weighted by Gasteiger charge is -2.17. The molecule has 4 heteroatoms. The monoisotopic (exact) mass is 279 g/mol. The summed E-state index contributed by atoms with van der Waals surface area (Å²) in [7, 11) is 0. The van der Waals surface area contributed by atoms with E-state index in [9.17, 15) is 9.18 Å². The Morgan fingerprint density at radius 3 is 2.75 bits per heavy atom. The fraction of sp³-hybridized carbons (Fsp3) is 0.562. The van der Waals surface area contributed by atoms with Gasteiger partial charge in [-0.25, -0.2) is 4.39 Å². The fourth-order valence-corrected chi connectivity index (χ4v) is 2.23. The molecule has 0 aromatic heterocycles. The molecule has 1 unspecified atom stereocenters. The molecule has 0 radical (unpaired) electrons. The Labute approximate surface area is 119 Å². The Balaban J connectivity index is 2.01. The SMILES string of the molecule is CC(C)(C)C(=O)OCc1ccc(C2CCCN2)cc1F. The molecule has 1 aromatic carbocycles. The summed E-state index contributed by atoms with van der Waals surface area (Å²) in [5.74, 6) is -0.628. The van der Waals surface area contributed by atoms with Crippen molar-refractivity contribution in [3.63, 3.8) is 0 Å². The molecule has 0 bridgehead atoms. The van der Waals surface area contributed by atoms with Crippen LogP contribution in [-0.4, -0.2) is 12.5 Å². The number of halogens is 1. The molecule has 1 heterocycles. The van der Waals surface area contributed by atoms with Crippen molar-refractivity contribution in [2.75, 3.05) is 6.54 Å². The van der Waals surface area contributed by atoms with Gasteiger partial charge in [-0.2, -0.15) is 0 Å². The third kappa shape index (κ3) is 3.57. The van der Waals surface area contributed by atoms with Gasteiger partial charge in [0.1, 0.15) is 12.4 Å². The maximum atomic E-state index is 14.0. The van der Waals surface area contributed by atoms with Crippen molar-refractivity contribution in [1.82, 2.24) is 5.32 Å². The summed E-state index contributed by atoms with van der Waals surface area (Å²) < 4.78 is 19.2. The van der Waals surface area contributed by atoms with Crippen molar-refractivity contribution in [2.24, 2.45) is 5.41 Å². The molecule has 2 rings (SSSR count). The second-order valence-corrected chi connectivity index (χ2v) is 6.33. The average Bonchev–Trinajstić information content (AvgIpc) is 2.89. The minimum Gasteiger partial charge on any atom is -0.460 e. The van der Waals surface area contributed by atoms with Gasteiger partial charge in [-0.1, -0.05) is 12.1 Å². The first-order chi connectivity index (χ1) is 9.38. The molecule has 1 N–H and O–H groups in total. The van der Waals surface area contributed by atoms with Crippen LogP contribution in [0.4, 0.5) is 4.39 Å². The van der Waals surface area contributed by atoms with E-state index in [0.717, 1.165) is 24.9 Å². The highest BCUT2D eigenvalue weighted by Crippen LogP contribution is 2.25. The van der Waals surface area contributed by atoms with Crippen LogP contribution in [0.3, 0.4) is 0 Å². The number of esters is 1. The highest BCUT2D eigenvalue weighted by molar-refractivity contribution is 5.75. The number of rotatable bonds is 3. The van der Waals surface area contributed by atoms with Gasteiger partial charge in [0.25, 0.3) is 0 Å². The summed E-state index contributed by atoms with van der Waals surface area (Å²) in [6.45, 7) is 6.30. The molecule has 20 heavy (non-hydrogen) atoms. The third-order valence-electron chi connectivity index (χ3n) is 3.51. The summed E-state index contributed by atoms with van der Waals surface area (Å²) in [5, 5.41) is 3.34. The minimum atomic E-state index is -0.565. The highest BCUT2D eigenvalue weighted by Gasteiger charge is 2.23. The molecule has 1 atom stereocenters. The maximum absolute atomic E-state index is 14.0. The lowest BCUT2D eigenvalue weighted by atomic mass is 9.97. The topological polar surface area (TPSA) is 38.3 Å². The average molecular weight is 279 g/mol. The molecular weight excluding hydrogens is 257 g/mol. The number of ether oxygens (including phenoxy) is 1. The molecule has 0 spiro atoms. The van der Waals surface area contributed by atoms with Gasteiger partial charge < -0.3 is 10.1 Å². The Morgan fingerprint density at radius 2 is 2.20 bits per heavy atom. The molecule has 1 aromatic rings. The predicted octanol–water partition coefficient (Wildman–Crippen LogP) is 3.34. The van der Waals surface area contributed by atoms with Crippen LogP contribution in [0.1, 0.15) is 50.8 Å². The summed E-state index contributed by atoms with van der Waals surface area (Å²) in [5.41, 5.74) is 0.819. The van der Waals surface area contributed by atoms with E-state index in [1.807, 2.05) is 6.07 Å². The second-order valence-electron chi connectivity index (χ2n) is 6.33. The van der Waals surface area contributed by atoms with Gasteiger partial charge in [-0.15, -0.1) is 0 Å². The first-order valence-corrected chi connectivity index (χ1v) is 7.07. The zero-order chi connectivity index (χ0) is 14.8. The molecule has 1 saturated heterocycles. The van der Waals surface area contributed by atoms with E-state index >= 15 is 0 Å². The van der Waals surface area contributed by atoms with E-state index in [0.29, 0.717) is 5.56 Å². The Hall–Kier alpha value is -1.42. The first kappa shape index (κ1) is 15.0. The number of nitrogens with one attached hydrogen (secondary N) is 1. The molecule has 1 fully saturated rings. The molecule has 0 amide bonds. The van der Waals surface area contributed by atoms with Crippen LogP contribution in [0.15, 0.2) is 18.2 Å². The van der Waals surface area contributed by atoms with Crippen molar-refractivity contribution in [3.05, 3.63) is 35.1 Å². The van der Waals surface area contributed by atoms with Crippen molar-refractivity contribution >= 4 is 5.97 Å². The molecular formula is C16H22FNO2. The van der Waals surface area contributed by atoms with Crippen molar-refractivity contribution in [1.29, 1.82) is 0 Å². The largest absolute Gasteiger partial charge is 0.460 e. The minimum absolute atomic E-state index is 0.0136. The summed E-state index contributed by atoms with van der Waals surface area (Å²) in [6, 6.07) is 5.41. The van der Waals surface area contributed by atoms with Gasteiger partial charge in [0.15, 0.2) is 0 Å². The lowest BCUT2D eigenvalue weighted by molar-refractivity contribution is -0.154. The smallest absolute Gasteiger partial charge is 0.311 e. The van der Waals surface area contributed by atoms with Gasteiger partial charge in [-0.3, -0.25) is 4.79 Å². The van der Waals surface area contributed by atoms with E-state index in [2.05, 4.69) is 5.32 Å². The summed E-state index contributed by atoms with van der Waals surface area (Å²) >= 11 is 0. The fourth-order valence-electron chi connectivity index (χ4n) is 2.23. The van der Waals surface area contributed by atoms with Gasteiger partial charge in [0, 0.05) is 11.6 Å². The van der Waals surface area contributed by atoms with E-state index in [1.165, 1.54) is 0 Å². The van der Waals surface area contributed by atoms with Crippen LogP contribution >= 0.6 is 0 Å². The standard InChI is InChI=1S/C16H22FNO2/c1-16(2,3)15(19)20-10-12-7-6-11(9-13(12)17)14-5-4-8-18-14/h6-7,9,14,18H,4-5,8,10H2,1-3H3. The van der Waals surface area contributed by atoms with Gasteiger partial charge in [0.05, 0.1) is 5.41 Å². The number of benzene rings is 1. The van der Waals surface area contributed by atoms with Crippen LogP contribution in [0, 0.1) is 11.2 Å². The predicted molar refractivity (Wildman–Crippen MR) is 75.6 cm³/mol. The number of hydrogen-bond acceptors (Lipinski definition) is 3. The van der Waals surface area contributed by atoms with E-state index in [4.69, 9.17) is 4.74 Å². The van der Waals surface area contributed by atoms with Crippen molar-refractivity contribution in [2.45, 2.75) is 46.3 Å². The zero-order valence-electron chi connectivity index (χ0n) is 12.3. The lowest BCUT2D eigenvalue weighted by Crippen LogP contribution is -2.23. The molecule has 1 aliphatic heterocycles. The van der Waals surface area contributed by atoms with Crippen molar-refractivity contribution < 1.29 is 13.9 Å². The van der Waals surface area contributed by atoms with Crippen LogP contribution in [0.5, 0.6) is 0 Å². The van der Waals surface area contributed by atoms with Crippen LogP contribution < -0.4 is 5.32 Å².